The van der Waals surface area contributed by atoms with Crippen LogP contribution in [0.15, 0.2) is 54.1 Å². The van der Waals surface area contributed by atoms with Crippen LogP contribution in [0.1, 0.15) is 17.2 Å². The molecular formula is C17H10ClFO4. The molecule has 4 nitrogen and oxygen atoms in total. The Morgan fingerprint density at radius 3 is 2.39 bits per heavy atom. The molecular weight excluding hydrogens is 323 g/mol. The number of carbonyl (C=O) groups excluding carboxylic acids is 2. The molecule has 23 heavy (non-hydrogen) atoms. The molecule has 0 saturated carbocycles. The molecule has 1 atom stereocenters. The minimum atomic E-state index is -1.29. The lowest BCUT2D eigenvalue weighted by atomic mass is 9.96. The number of Topliss-reactive ketones (excluding diaryl/α,β-unsaturated/α-hetero) is 1. The molecule has 0 radical (unpaired) electrons. The summed E-state index contributed by atoms with van der Waals surface area (Å²) in [6.45, 7) is 0. The molecule has 1 heterocycles. The minimum absolute atomic E-state index is 0.00205. The molecule has 2 aromatic carbocycles. The van der Waals surface area contributed by atoms with Crippen LogP contribution in [0.2, 0.25) is 5.02 Å². The molecule has 0 aromatic heterocycles. The Morgan fingerprint density at radius 2 is 1.74 bits per heavy atom. The van der Waals surface area contributed by atoms with E-state index >= 15 is 0 Å². The van der Waals surface area contributed by atoms with Gasteiger partial charge in [-0.15, -0.1) is 0 Å². The molecule has 1 aliphatic heterocycles. The Balaban J connectivity index is 2.15. The molecule has 3 rings (SSSR count). The van der Waals surface area contributed by atoms with Gasteiger partial charge in [-0.05, 0) is 30.3 Å². The first-order valence-electron chi connectivity index (χ1n) is 6.68. The highest BCUT2D eigenvalue weighted by Gasteiger charge is 2.43. The Morgan fingerprint density at radius 1 is 1.09 bits per heavy atom. The Hall–Kier alpha value is -2.66. The van der Waals surface area contributed by atoms with E-state index in [9.17, 15) is 19.1 Å². The van der Waals surface area contributed by atoms with E-state index in [-0.39, 0.29) is 16.7 Å². The van der Waals surface area contributed by atoms with Gasteiger partial charge in [0.2, 0.25) is 0 Å². The lowest BCUT2D eigenvalue weighted by Gasteiger charge is -2.13. The van der Waals surface area contributed by atoms with Crippen LogP contribution >= 0.6 is 11.6 Å². The normalized spacial score (nSPS) is 19.7. The summed E-state index contributed by atoms with van der Waals surface area (Å²) in [7, 11) is 0. The smallest absolute Gasteiger partial charge is 0.380 e. The van der Waals surface area contributed by atoms with Gasteiger partial charge in [-0.3, -0.25) is 4.79 Å². The van der Waals surface area contributed by atoms with Crippen LogP contribution in [0.25, 0.3) is 5.76 Å². The van der Waals surface area contributed by atoms with Crippen molar-refractivity contribution >= 4 is 29.1 Å². The zero-order chi connectivity index (χ0) is 16.6. The molecule has 1 fully saturated rings. The molecule has 116 valence electrons. The van der Waals surface area contributed by atoms with Crippen molar-refractivity contribution in [1.29, 1.82) is 0 Å². The number of carbonyl (C=O) groups is 2. The van der Waals surface area contributed by atoms with Gasteiger partial charge in [-0.1, -0.05) is 29.8 Å². The zero-order valence-corrected chi connectivity index (χ0v) is 12.4. The summed E-state index contributed by atoms with van der Waals surface area (Å²) in [4.78, 5) is 23.6. The highest BCUT2D eigenvalue weighted by Crippen LogP contribution is 2.37. The first kappa shape index (κ1) is 15.2. The van der Waals surface area contributed by atoms with E-state index in [1.54, 1.807) is 6.07 Å². The van der Waals surface area contributed by atoms with Gasteiger partial charge in [0.1, 0.15) is 11.6 Å². The summed E-state index contributed by atoms with van der Waals surface area (Å²) in [6.07, 6.45) is -1.29. The van der Waals surface area contributed by atoms with Crippen molar-refractivity contribution in [2.24, 2.45) is 0 Å². The quantitative estimate of drug-likeness (QED) is 0.395. The number of aliphatic hydroxyl groups is 1. The number of ether oxygens (including phenoxy) is 1. The number of esters is 1. The predicted octanol–water partition coefficient (Wildman–Crippen LogP) is 3.62. The number of halogens is 2. The van der Waals surface area contributed by atoms with Crippen molar-refractivity contribution < 1.29 is 23.8 Å². The third kappa shape index (κ3) is 2.71. The van der Waals surface area contributed by atoms with E-state index in [4.69, 9.17) is 16.3 Å². The van der Waals surface area contributed by atoms with E-state index in [1.807, 2.05) is 0 Å². The van der Waals surface area contributed by atoms with Crippen molar-refractivity contribution in [3.63, 3.8) is 0 Å². The average Bonchev–Trinajstić information content (AvgIpc) is 2.83. The molecule has 0 unspecified atom stereocenters. The van der Waals surface area contributed by atoms with E-state index in [0.717, 1.165) is 0 Å². The van der Waals surface area contributed by atoms with Gasteiger partial charge >= 0.3 is 5.97 Å². The predicted molar refractivity (Wildman–Crippen MR) is 81.2 cm³/mol. The maximum Gasteiger partial charge on any atom is 0.380 e. The number of benzene rings is 2. The van der Waals surface area contributed by atoms with Gasteiger partial charge in [0.25, 0.3) is 5.78 Å². The summed E-state index contributed by atoms with van der Waals surface area (Å²) in [5, 5.41) is 10.8. The van der Waals surface area contributed by atoms with Crippen LogP contribution in [0.5, 0.6) is 0 Å². The van der Waals surface area contributed by atoms with Crippen LogP contribution in [-0.4, -0.2) is 16.9 Å². The van der Waals surface area contributed by atoms with Gasteiger partial charge in [0.05, 0.1) is 5.57 Å². The first-order chi connectivity index (χ1) is 11.0. The lowest BCUT2D eigenvalue weighted by Crippen LogP contribution is -2.08. The number of aliphatic hydroxyl groups excluding tert-OH is 1. The largest absolute Gasteiger partial charge is 0.507 e. The van der Waals surface area contributed by atoms with Gasteiger partial charge in [0.15, 0.2) is 6.10 Å². The third-order valence-electron chi connectivity index (χ3n) is 3.48. The third-order valence-corrected chi connectivity index (χ3v) is 3.73. The van der Waals surface area contributed by atoms with Crippen molar-refractivity contribution in [3.8, 4) is 0 Å². The van der Waals surface area contributed by atoms with Crippen LogP contribution in [-0.2, 0) is 14.3 Å². The maximum absolute atomic E-state index is 14.0. The summed E-state index contributed by atoms with van der Waals surface area (Å²) in [5.41, 5.74) is -0.0120. The maximum atomic E-state index is 14.0. The van der Waals surface area contributed by atoms with Crippen LogP contribution in [0.4, 0.5) is 4.39 Å². The number of ketones is 1. The van der Waals surface area contributed by atoms with Gasteiger partial charge in [0, 0.05) is 16.1 Å². The second kappa shape index (κ2) is 5.85. The molecule has 0 amide bonds. The zero-order valence-electron chi connectivity index (χ0n) is 11.6. The minimum Gasteiger partial charge on any atom is -0.507 e. The van der Waals surface area contributed by atoms with Gasteiger partial charge in [-0.2, -0.15) is 0 Å². The Labute approximate surface area is 135 Å². The van der Waals surface area contributed by atoms with Crippen molar-refractivity contribution in [2.45, 2.75) is 6.10 Å². The SMILES string of the molecule is O=C1O[C@H](c2ccccc2F)C(=C(O)c2ccc(Cl)cc2)C1=O. The first-order valence-corrected chi connectivity index (χ1v) is 7.05. The number of rotatable bonds is 2. The van der Waals surface area contributed by atoms with E-state index in [1.165, 1.54) is 42.5 Å². The fourth-order valence-electron chi connectivity index (χ4n) is 2.35. The molecule has 6 heteroatoms. The number of hydrogen-bond donors (Lipinski definition) is 1. The second-order valence-corrected chi connectivity index (χ2v) is 5.34. The lowest BCUT2D eigenvalue weighted by molar-refractivity contribution is -0.149. The Kier molecular flexibility index (Phi) is 3.88. The van der Waals surface area contributed by atoms with E-state index in [2.05, 4.69) is 0 Å². The van der Waals surface area contributed by atoms with Crippen molar-refractivity contribution in [1.82, 2.24) is 0 Å². The summed E-state index contributed by atoms with van der Waals surface area (Å²) >= 11 is 5.78. The summed E-state index contributed by atoms with van der Waals surface area (Å²) < 4.78 is 18.9. The fourth-order valence-corrected chi connectivity index (χ4v) is 2.48. The van der Waals surface area contributed by atoms with Crippen molar-refractivity contribution in [2.75, 3.05) is 0 Å². The molecule has 2 aromatic rings. The molecule has 1 saturated heterocycles. The molecule has 0 spiro atoms. The van der Waals surface area contributed by atoms with Crippen LogP contribution in [0, 0.1) is 5.82 Å². The summed E-state index contributed by atoms with van der Waals surface area (Å²) in [6, 6.07) is 11.6. The summed E-state index contributed by atoms with van der Waals surface area (Å²) in [5.74, 6) is -3.20. The second-order valence-electron chi connectivity index (χ2n) is 4.91. The fraction of sp³-hybridized carbons (Fsp3) is 0.0588. The van der Waals surface area contributed by atoms with E-state index < -0.39 is 29.4 Å². The average molecular weight is 333 g/mol. The van der Waals surface area contributed by atoms with E-state index in [0.29, 0.717) is 5.02 Å². The molecule has 1 aliphatic rings. The number of cyclic esters (lactones) is 1. The van der Waals surface area contributed by atoms with Crippen LogP contribution < -0.4 is 0 Å². The molecule has 1 N–H and O–H groups in total. The van der Waals surface area contributed by atoms with Gasteiger partial charge in [-0.25, -0.2) is 9.18 Å². The number of hydrogen-bond acceptors (Lipinski definition) is 4. The highest BCUT2D eigenvalue weighted by atomic mass is 35.5. The van der Waals surface area contributed by atoms with Gasteiger partial charge < -0.3 is 9.84 Å². The monoisotopic (exact) mass is 332 g/mol. The van der Waals surface area contributed by atoms with Crippen LogP contribution in [0.3, 0.4) is 0 Å². The standard InChI is InChI=1S/C17H10ClFO4/c18-10-7-5-9(6-8-10)14(20)13-15(21)17(22)23-16(13)11-3-1-2-4-12(11)19/h1-8,16,20H/t16-/m1/s1. The van der Waals surface area contributed by atoms with Crippen molar-refractivity contribution in [3.05, 3.63) is 76.1 Å². The molecule has 0 bridgehead atoms. The topological polar surface area (TPSA) is 63.6 Å². The molecule has 0 aliphatic carbocycles. The highest BCUT2D eigenvalue weighted by molar-refractivity contribution is 6.44. The Bertz CT molecular complexity index is 827.